The first-order chi connectivity index (χ1) is 9.86. The number of nitrogens with zero attached hydrogens (tertiary/aromatic N) is 4. The van der Waals surface area contributed by atoms with Gasteiger partial charge in [-0.05, 0) is 40.8 Å². The number of likely N-dealkylation sites (N-methyl/N-ethyl adjacent to an activating group) is 1. The topological polar surface area (TPSA) is 67.4 Å². The Bertz CT molecular complexity index is 508. The van der Waals surface area contributed by atoms with Crippen LogP contribution in [-0.2, 0) is 6.54 Å². The molecule has 0 atom stereocenters. The maximum absolute atomic E-state index is 12.7. The normalized spacial score (nSPS) is 19.0. The number of amides is 1. The maximum atomic E-state index is 12.7. The van der Waals surface area contributed by atoms with E-state index in [0.29, 0.717) is 12.1 Å². The SMILES string of the molecule is Cc1c(C(=O)N2CCN(C)C(C)(C)C2)cnn1CCCN. The zero-order valence-electron chi connectivity index (χ0n) is 13.6. The van der Waals surface area contributed by atoms with Gasteiger partial charge in [-0.25, -0.2) is 0 Å². The molecule has 0 spiro atoms. The van der Waals surface area contributed by atoms with Crippen molar-refractivity contribution in [3.8, 4) is 0 Å². The van der Waals surface area contributed by atoms with Crippen molar-refractivity contribution in [2.45, 2.75) is 39.3 Å². The van der Waals surface area contributed by atoms with E-state index in [9.17, 15) is 4.79 Å². The largest absolute Gasteiger partial charge is 0.335 e. The van der Waals surface area contributed by atoms with Crippen LogP contribution in [0.25, 0.3) is 0 Å². The molecule has 21 heavy (non-hydrogen) atoms. The van der Waals surface area contributed by atoms with Gasteiger partial charge in [-0.3, -0.25) is 14.4 Å². The van der Waals surface area contributed by atoms with Crippen LogP contribution in [0, 0.1) is 6.92 Å². The van der Waals surface area contributed by atoms with Crippen LogP contribution in [0.4, 0.5) is 0 Å². The third kappa shape index (κ3) is 3.27. The van der Waals surface area contributed by atoms with Gasteiger partial charge in [0.2, 0.25) is 0 Å². The van der Waals surface area contributed by atoms with Crippen LogP contribution < -0.4 is 5.73 Å². The Morgan fingerprint density at radius 2 is 2.14 bits per heavy atom. The smallest absolute Gasteiger partial charge is 0.257 e. The van der Waals surface area contributed by atoms with Crippen molar-refractivity contribution in [2.75, 3.05) is 33.2 Å². The highest BCUT2D eigenvalue weighted by atomic mass is 16.2. The van der Waals surface area contributed by atoms with E-state index in [0.717, 1.165) is 38.3 Å². The lowest BCUT2D eigenvalue weighted by Gasteiger charge is -2.45. The Kier molecular flexibility index (Phi) is 4.68. The van der Waals surface area contributed by atoms with Crippen molar-refractivity contribution in [3.05, 3.63) is 17.5 Å². The van der Waals surface area contributed by atoms with E-state index in [1.165, 1.54) is 0 Å². The molecule has 1 fully saturated rings. The summed E-state index contributed by atoms with van der Waals surface area (Å²) >= 11 is 0. The third-order valence-corrected chi connectivity index (χ3v) is 4.51. The van der Waals surface area contributed by atoms with E-state index < -0.39 is 0 Å². The zero-order chi connectivity index (χ0) is 15.6. The molecule has 2 rings (SSSR count). The highest BCUT2D eigenvalue weighted by Crippen LogP contribution is 2.21. The van der Waals surface area contributed by atoms with E-state index in [4.69, 9.17) is 5.73 Å². The average molecular weight is 293 g/mol. The van der Waals surface area contributed by atoms with E-state index in [1.54, 1.807) is 6.20 Å². The van der Waals surface area contributed by atoms with Gasteiger partial charge in [0.1, 0.15) is 0 Å². The van der Waals surface area contributed by atoms with Gasteiger partial charge in [-0.1, -0.05) is 0 Å². The molecular formula is C15H27N5O. The summed E-state index contributed by atoms with van der Waals surface area (Å²) in [5.41, 5.74) is 7.19. The summed E-state index contributed by atoms with van der Waals surface area (Å²) in [4.78, 5) is 17.0. The van der Waals surface area contributed by atoms with Gasteiger partial charge in [0, 0.05) is 37.4 Å². The lowest BCUT2D eigenvalue weighted by atomic mass is 9.99. The van der Waals surface area contributed by atoms with Gasteiger partial charge in [-0.2, -0.15) is 5.10 Å². The minimum absolute atomic E-state index is 0.0113. The van der Waals surface area contributed by atoms with Crippen LogP contribution in [0.15, 0.2) is 6.20 Å². The van der Waals surface area contributed by atoms with Crippen molar-refractivity contribution in [1.29, 1.82) is 0 Å². The quantitative estimate of drug-likeness (QED) is 0.887. The van der Waals surface area contributed by atoms with E-state index in [1.807, 2.05) is 16.5 Å². The highest BCUT2D eigenvalue weighted by molar-refractivity contribution is 5.95. The van der Waals surface area contributed by atoms with Crippen LogP contribution in [-0.4, -0.2) is 64.3 Å². The summed E-state index contributed by atoms with van der Waals surface area (Å²) in [6, 6.07) is 0. The summed E-state index contributed by atoms with van der Waals surface area (Å²) < 4.78 is 1.88. The van der Waals surface area contributed by atoms with Gasteiger partial charge < -0.3 is 10.6 Å². The predicted octanol–water partition coefficient (Wildman–Crippen LogP) is 0.707. The van der Waals surface area contributed by atoms with Crippen LogP contribution in [0.2, 0.25) is 0 Å². The molecule has 1 amide bonds. The second-order valence-electron chi connectivity index (χ2n) is 6.47. The molecule has 0 aromatic carbocycles. The molecule has 0 bridgehead atoms. The molecule has 0 radical (unpaired) electrons. The van der Waals surface area contributed by atoms with E-state index in [2.05, 4.69) is 30.9 Å². The fraction of sp³-hybridized carbons (Fsp3) is 0.733. The molecule has 6 heteroatoms. The number of hydrogen-bond donors (Lipinski definition) is 1. The van der Waals surface area contributed by atoms with Gasteiger partial charge >= 0.3 is 0 Å². The number of nitrogens with two attached hydrogens (primary N) is 1. The number of carbonyl (C=O) groups is 1. The van der Waals surface area contributed by atoms with Crippen LogP contribution in [0.1, 0.15) is 36.3 Å². The maximum Gasteiger partial charge on any atom is 0.257 e. The zero-order valence-corrected chi connectivity index (χ0v) is 13.6. The molecule has 1 saturated heterocycles. The van der Waals surface area contributed by atoms with Crippen LogP contribution in [0.3, 0.4) is 0 Å². The lowest BCUT2D eigenvalue weighted by Crippen LogP contribution is -2.58. The van der Waals surface area contributed by atoms with Crippen molar-refractivity contribution < 1.29 is 4.79 Å². The first kappa shape index (κ1) is 16.0. The third-order valence-electron chi connectivity index (χ3n) is 4.51. The summed E-state index contributed by atoms with van der Waals surface area (Å²) in [6.07, 6.45) is 2.57. The first-order valence-electron chi connectivity index (χ1n) is 7.60. The van der Waals surface area contributed by atoms with Gasteiger partial charge in [0.05, 0.1) is 11.8 Å². The van der Waals surface area contributed by atoms with Gasteiger partial charge in [0.15, 0.2) is 0 Å². The number of rotatable bonds is 4. The van der Waals surface area contributed by atoms with Crippen molar-refractivity contribution in [2.24, 2.45) is 5.73 Å². The Morgan fingerprint density at radius 3 is 2.76 bits per heavy atom. The van der Waals surface area contributed by atoms with Crippen molar-refractivity contribution >= 4 is 5.91 Å². The number of aryl methyl sites for hydroxylation is 1. The first-order valence-corrected chi connectivity index (χ1v) is 7.60. The molecule has 2 heterocycles. The Labute approximate surface area is 126 Å². The standard InChI is InChI=1S/C15H27N5O/c1-12-13(10-17-20(12)7-5-6-16)14(21)19-9-8-18(4)15(2,3)11-19/h10H,5-9,11,16H2,1-4H3. The Morgan fingerprint density at radius 1 is 1.43 bits per heavy atom. The molecule has 1 aromatic rings. The molecule has 118 valence electrons. The van der Waals surface area contributed by atoms with Gasteiger partial charge in [0.25, 0.3) is 5.91 Å². The minimum Gasteiger partial charge on any atom is -0.335 e. The average Bonchev–Trinajstić information content (AvgIpc) is 2.80. The number of piperazine rings is 1. The molecule has 1 aromatic heterocycles. The Balaban J connectivity index is 2.12. The van der Waals surface area contributed by atoms with E-state index >= 15 is 0 Å². The molecule has 0 saturated carbocycles. The fourth-order valence-electron chi connectivity index (χ4n) is 2.71. The molecule has 2 N–H and O–H groups in total. The van der Waals surface area contributed by atoms with Crippen molar-refractivity contribution in [1.82, 2.24) is 19.6 Å². The molecule has 1 aliphatic heterocycles. The summed E-state index contributed by atoms with van der Waals surface area (Å²) in [5, 5.41) is 4.32. The minimum atomic E-state index is 0.0113. The molecule has 0 aliphatic carbocycles. The van der Waals surface area contributed by atoms with Crippen molar-refractivity contribution in [3.63, 3.8) is 0 Å². The number of hydrogen-bond acceptors (Lipinski definition) is 4. The van der Waals surface area contributed by atoms with Gasteiger partial charge in [-0.15, -0.1) is 0 Å². The number of carbonyl (C=O) groups excluding carboxylic acids is 1. The van der Waals surface area contributed by atoms with E-state index in [-0.39, 0.29) is 11.4 Å². The van der Waals surface area contributed by atoms with Crippen LogP contribution >= 0.6 is 0 Å². The summed E-state index contributed by atoms with van der Waals surface area (Å²) in [6.45, 7) is 10.1. The molecule has 1 aliphatic rings. The monoisotopic (exact) mass is 293 g/mol. The Hall–Kier alpha value is -1.40. The predicted molar refractivity (Wildman–Crippen MR) is 83.2 cm³/mol. The fourth-order valence-corrected chi connectivity index (χ4v) is 2.71. The van der Waals surface area contributed by atoms with Crippen LogP contribution in [0.5, 0.6) is 0 Å². The lowest BCUT2D eigenvalue weighted by molar-refractivity contribution is 0.0311. The summed E-state index contributed by atoms with van der Waals surface area (Å²) in [5.74, 6) is 0.0904. The highest BCUT2D eigenvalue weighted by Gasteiger charge is 2.34. The second kappa shape index (κ2) is 6.15. The molecule has 6 nitrogen and oxygen atoms in total. The number of aromatic nitrogens is 2. The molecular weight excluding hydrogens is 266 g/mol. The second-order valence-corrected chi connectivity index (χ2v) is 6.47. The molecule has 0 unspecified atom stereocenters. The summed E-state index contributed by atoms with van der Waals surface area (Å²) in [7, 11) is 2.11.